The normalized spacial score (nSPS) is 15.4. The van der Waals surface area contributed by atoms with Gasteiger partial charge in [0, 0.05) is 57.3 Å². The molecule has 2 aromatic rings. The molecule has 0 saturated carbocycles. The maximum Gasteiger partial charge on any atom is 0.321 e. The van der Waals surface area contributed by atoms with E-state index in [4.69, 9.17) is 23.2 Å². The third-order valence-electron chi connectivity index (χ3n) is 4.41. The average Bonchev–Trinajstić information content (AvgIpc) is 3.02. The topological polar surface area (TPSA) is 53.4 Å². The minimum absolute atomic E-state index is 0.108. The van der Waals surface area contributed by atoms with Crippen molar-refractivity contribution in [2.45, 2.75) is 13.5 Å². The molecule has 1 N–H and O–H groups in total. The molecule has 6 nitrogen and oxygen atoms in total. The monoisotopic (exact) mass is 381 g/mol. The SMILES string of the molecule is Cc1nccn1CCN1CCN(C(=O)Nc2ccc(Cl)c(Cl)c2)CC1. The van der Waals surface area contributed by atoms with Crippen LogP contribution in [-0.2, 0) is 6.54 Å². The molecule has 25 heavy (non-hydrogen) atoms. The van der Waals surface area contributed by atoms with Crippen molar-refractivity contribution in [3.63, 3.8) is 0 Å². The first-order valence-electron chi connectivity index (χ1n) is 8.24. The molecule has 1 fully saturated rings. The fraction of sp³-hybridized carbons (Fsp3) is 0.412. The van der Waals surface area contributed by atoms with Gasteiger partial charge < -0.3 is 14.8 Å². The van der Waals surface area contributed by atoms with Crippen LogP contribution >= 0.6 is 23.2 Å². The quantitative estimate of drug-likeness (QED) is 0.883. The van der Waals surface area contributed by atoms with E-state index >= 15 is 0 Å². The zero-order valence-electron chi connectivity index (χ0n) is 14.1. The molecular formula is C17H21Cl2N5O. The van der Waals surface area contributed by atoms with Gasteiger partial charge in [-0.05, 0) is 25.1 Å². The average molecular weight is 382 g/mol. The zero-order valence-corrected chi connectivity index (χ0v) is 15.6. The number of hydrogen-bond acceptors (Lipinski definition) is 3. The number of nitrogens with one attached hydrogen (secondary N) is 1. The lowest BCUT2D eigenvalue weighted by Crippen LogP contribution is -2.50. The summed E-state index contributed by atoms with van der Waals surface area (Å²) >= 11 is 11.9. The van der Waals surface area contributed by atoms with Gasteiger partial charge in [0.05, 0.1) is 10.0 Å². The highest BCUT2D eigenvalue weighted by molar-refractivity contribution is 6.42. The fourth-order valence-corrected chi connectivity index (χ4v) is 3.14. The maximum atomic E-state index is 12.4. The van der Waals surface area contributed by atoms with Crippen LogP contribution in [0.5, 0.6) is 0 Å². The smallest absolute Gasteiger partial charge is 0.321 e. The molecule has 3 rings (SSSR count). The van der Waals surface area contributed by atoms with E-state index in [2.05, 4.69) is 19.8 Å². The highest BCUT2D eigenvalue weighted by Crippen LogP contribution is 2.25. The van der Waals surface area contributed by atoms with Gasteiger partial charge in [-0.1, -0.05) is 23.2 Å². The molecule has 0 bridgehead atoms. The standard InChI is InChI=1S/C17H21Cl2N5O/c1-13-20-4-5-23(13)9-6-22-7-10-24(11-8-22)17(25)21-14-2-3-15(18)16(19)12-14/h2-5,12H,6-11H2,1H3,(H,21,25). The number of aromatic nitrogens is 2. The van der Waals surface area contributed by atoms with Gasteiger partial charge in [0.1, 0.15) is 5.82 Å². The number of halogens is 2. The third kappa shape index (κ3) is 4.66. The van der Waals surface area contributed by atoms with Gasteiger partial charge in [-0.15, -0.1) is 0 Å². The number of piperazine rings is 1. The number of amides is 2. The van der Waals surface area contributed by atoms with Crippen molar-refractivity contribution in [3.05, 3.63) is 46.5 Å². The predicted molar refractivity (Wildman–Crippen MR) is 100 cm³/mol. The summed E-state index contributed by atoms with van der Waals surface area (Å²) in [6.45, 7) is 7.02. The van der Waals surface area contributed by atoms with E-state index in [1.807, 2.05) is 24.2 Å². The lowest BCUT2D eigenvalue weighted by atomic mass is 10.3. The van der Waals surface area contributed by atoms with Crippen molar-refractivity contribution in [2.24, 2.45) is 0 Å². The Morgan fingerprint density at radius 2 is 1.92 bits per heavy atom. The predicted octanol–water partition coefficient (Wildman–Crippen LogP) is 3.35. The molecule has 1 aromatic carbocycles. The summed E-state index contributed by atoms with van der Waals surface area (Å²) in [4.78, 5) is 20.8. The molecular weight excluding hydrogens is 361 g/mol. The number of carbonyl (C=O) groups is 1. The van der Waals surface area contributed by atoms with Crippen LogP contribution in [0.25, 0.3) is 0 Å². The first kappa shape index (κ1) is 18.0. The van der Waals surface area contributed by atoms with Gasteiger partial charge >= 0.3 is 6.03 Å². The second-order valence-electron chi connectivity index (χ2n) is 6.06. The number of hydrogen-bond donors (Lipinski definition) is 1. The molecule has 2 amide bonds. The van der Waals surface area contributed by atoms with E-state index in [-0.39, 0.29) is 6.03 Å². The van der Waals surface area contributed by atoms with Gasteiger partial charge in [-0.25, -0.2) is 9.78 Å². The van der Waals surface area contributed by atoms with Gasteiger partial charge in [-0.3, -0.25) is 4.90 Å². The third-order valence-corrected chi connectivity index (χ3v) is 5.15. The van der Waals surface area contributed by atoms with E-state index < -0.39 is 0 Å². The molecule has 0 atom stereocenters. The first-order chi connectivity index (χ1) is 12.0. The van der Waals surface area contributed by atoms with Crippen molar-refractivity contribution in [2.75, 3.05) is 38.0 Å². The molecule has 2 heterocycles. The van der Waals surface area contributed by atoms with E-state index in [0.717, 1.165) is 32.0 Å². The van der Waals surface area contributed by atoms with Gasteiger partial charge in [0.25, 0.3) is 0 Å². The zero-order chi connectivity index (χ0) is 17.8. The number of anilines is 1. The molecule has 0 spiro atoms. The Hall–Kier alpha value is -1.76. The summed E-state index contributed by atoms with van der Waals surface area (Å²) in [5, 5.41) is 3.77. The summed E-state index contributed by atoms with van der Waals surface area (Å²) < 4.78 is 2.14. The van der Waals surface area contributed by atoms with Crippen LogP contribution in [0.1, 0.15) is 5.82 Å². The van der Waals surface area contributed by atoms with Crippen LogP contribution < -0.4 is 5.32 Å². The molecule has 1 saturated heterocycles. The van der Waals surface area contributed by atoms with Gasteiger partial charge in [-0.2, -0.15) is 0 Å². The Bertz CT molecular complexity index is 740. The Morgan fingerprint density at radius 3 is 2.56 bits per heavy atom. The number of nitrogens with zero attached hydrogens (tertiary/aromatic N) is 4. The lowest BCUT2D eigenvalue weighted by Gasteiger charge is -2.34. The molecule has 0 radical (unpaired) electrons. The van der Waals surface area contributed by atoms with Crippen molar-refractivity contribution in [1.29, 1.82) is 0 Å². The molecule has 0 unspecified atom stereocenters. The number of carbonyl (C=O) groups excluding carboxylic acids is 1. The Balaban J connectivity index is 1.45. The van der Waals surface area contributed by atoms with Gasteiger partial charge in [0.2, 0.25) is 0 Å². The van der Waals surface area contributed by atoms with Crippen molar-refractivity contribution >= 4 is 34.9 Å². The van der Waals surface area contributed by atoms with E-state index in [9.17, 15) is 4.79 Å². The van der Waals surface area contributed by atoms with E-state index in [0.29, 0.717) is 28.8 Å². The Morgan fingerprint density at radius 1 is 1.16 bits per heavy atom. The fourth-order valence-electron chi connectivity index (χ4n) is 2.84. The highest BCUT2D eigenvalue weighted by Gasteiger charge is 2.21. The molecule has 8 heteroatoms. The summed E-state index contributed by atoms with van der Waals surface area (Å²) in [7, 11) is 0. The maximum absolute atomic E-state index is 12.4. The van der Waals surface area contributed by atoms with Crippen LogP contribution in [0.3, 0.4) is 0 Å². The number of aryl methyl sites for hydroxylation is 1. The highest BCUT2D eigenvalue weighted by atomic mass is 35.5. The number of rotatable bonds is 4. The number of imidazole rings is 1. The van der Waals surface area contributed by atoms with Crippen LogP contribution in [0.4, 0.5) is 10.5 Å². The number of urea groups is 1. The van der Waals surface area contributed by atoms with Gasteiger partial charge in [0.15, 0.2) is 0 Å². The molecule has 1 aromatic heterocycles. The van der Waals surface area contributed by atoms with Crippen LogP contribution in [0, 0.1) is 6.92 Å². The second-order valence-corrected chi connectivity index (χ2v) is 6.87. The summed E-state index contributed by atoms with van der Waals surface area (Å²) in [6.07, 6.45) is 3.82. The minimum atomic E-state index is -0.108. The second kappa shape index (κ2) is 8.08. The molecule has 1 aliphatic rings. The molecule has 1 aliphatic heterocycles. The van der Waals surface area contributed by atoms with E-state index in [1.165, 1.54) is 0 Å². The lowest BCUT2D eigenvalue weighted by molar-refractivity contribution is 0.144. The molecule has 134 valence electrons. The molecule has 0 aliphatic carbocycles. The Labute approximate surface area is 157 Å². The minimum Gasteiger partial charge on any atom is -0.334 e. The van der Waals surface area contributed by atoms with Crippen molar-refractivity contribution in [1.82, 2.24) is 19.4 Å². The number of benzene rings is 1. The van der Waals surface area contributed by atoms with Crippen LogP contribution in [0.15, 0.2) is 30.6 Å². The summed E-state index contributed by atoms with van der Waals surface area (Å²) in [5.41, 5.74) is 0.650. The van der Waals surface area contributed by atoms with Crippen molar-refractivity contribution in [3.8, 4) is 0 Å². The van der Waals surface area contributed by atoms with Crippen LogP contribution in [-0.4, -0.2) is 58.1 Å². The summed E-state index contributed by atoms with van der Waals surface area (Å²) in [6, 6.07) is 4.97. The first-order valence-corrected chi connectivity index (χ1v) is 8.99. The van der Waals surface area contributed by atoms with Crippen LogP contribution in [0.2, 0.25) is 10.0 Å². The van der Waals surface area contributed by atoms with E-state index in [1.54, 1.807) is 18.2 Å². The van der Waals surface area contributed by atoms with Crippen molar-refractivity contribution < 1.29 is 4.79 Å². The summed E-state index contributed by atoms with van der Waals surface area (Å²) in [5.74, 6) is 1.03. The Kier molecular flexibility index (Phi) is 5.83. The largest absolute Gasteiger partial charge is 0.334 e.